The smallest absolute Gasteiger partial charge is 0.254 e. The zero-order valence-electron chi connectivity index (χ0n) is 18.5. The highest BCUT2D eigenvalue weighted by atomic mass is 16.5. The first kappa shape index (κ1) is 20.9. The molecule has 7 heteroatoms. The van der Waals surface area contributed by atoms with E-state index in [4.69, 9.17) is 4.74 Å². The van der Waals surface area contributed by atoms with Crippen molar-refractivity contribution in [3.05, 3.63) is 53.3 Å². The van der Waals surface area contributed by atoms with Gasteiger partial charge in [-0.1, -0.05) is 31.4 Å². The molecular formula is C25H31N5O2. The lowest BCUT2D eigenvalue weighted by molar-refractivity contribution is 0.0303. The van der Waals surface area contributed by atoms with Crippen LogP contribution >= 0.6 is 0 Å². The number of fused-ring (bicyclic) bond motifs is 1. The van der Waals surface area contributed by atoms with Gasteiger partial charge < -0.3 is 15.0 Å². The van der Waals surface area contributed by atoms with Crippen molar-refractivity contribution in [2.75, 3.05) is 31.6 Å². The predicted molar refractivity (Wildman–Crippen MR) is 125 cm³/mol. The van der Waals surface area contributed by atoms with E-state index >= 15 is 0 Å². The summed E-state index contributed by atoms with van der Waals surface area (Å²) in [4.78, 5) is 19.2. The maximum atomic E-state index is 12.6. The lowest BCUT2D eigenvalue weighted by Gasteiger charge is -2.26. The van der Waals surface area contributed by atoms with E-state index in [1.54, 1.807) is 0 Å². The third-order valence-corrected chi connectivity index (χ3v) is 6.65. The molecule has 3 aromatic rings. The number of rotatable bonds is 6. The van der Waals surface area contributed by atoms with Gasteiger partial charge in [0.1, 0.15) is 5.82 Å². The molecule has 2 aromatic heterocycles. The number of H-pyrrole nitrogens is 1. The second kappa shape index (κ2) is 9.69. The summed E-state index contributed by atoms with van der Waals surface area (Å²) in [6, 6.07) is 10.5. The van der Waals surface area contributed by atoms with Crippen LogP contribution in [0.25, 0.3) is 10.9 Å². The Morgan fingerprint density at radius 1 is 1.06 bits per heavy atom. The minimum Gasteiger partial charge on any atom is -0.378 e. The van der Waals surface area contributed by atoms with Gasteiger partial charge >= 0.3 is 0 Å². The first-order valence-corrected chi connectivity index (χ1v) is 11.8. The highest BCUT2D eigenvalue weighted by molar-refractivity contribution is 5.94. The van der Waals surface area contributed by atoms with Gasteiger partial charge in [0.2, 0.25) is 0 Å². The Labute approximate surface area is 188 Å². The van der Waals surface area contributed by atoms with Crippen molar-refractivity contribution >= 4 is 22.6 Å². The van der Waals surface area contributed by atoms with Crippen LogP contribution in [0.2, 0.25) is 0 Å². The van der Waals surface area contributed by atoms with E-state index in [9.17, 15) is 4.79 Å². The molecular weight excluding hydrogens is 402 g/mol. The number of nitrogens with zero attached hydrogens (tertiary/aromatic N) is 3. The molecule has 3 heterocycles. The summed E-state index contributed by atoms with van der Waals surface area (Å²) in [5.74, 6) is 1.03. The Kier molecular flexibility index (Phi) is 6.34. The standard InChI is InChI=1S/C25H31N5O2/c31-25(30-14-16-32-17-15-30)19-9-6-18(7-10-19)8-11-21-23-22(29-28-21)12-13-26-24(23)27-20-4-2-1-3-5-20/h6-7,9-10,12-13,20H,1-5,8,11,14-17H2,(H,26,27)(H,28,29). The lowest BCUT2D eigenvalue weighted by Crippen LogP contribution is -2.40. The minimum atomic E-state index is 0.0858. The first-order valence-electron chi connectivity index (χ1n) is 11.8. The van der Waals surface area contributed by atoms with Crippen molar-refractivity contribution in [2.24, 2.45) is 0 Å². The number of benzene rings is 1. The largest absolute Gasteiger partial charge is 0.378 e. The molecule has 2 N–H and O–H groups in total. The molecule has 1 saturated heterocycles. The highest BCUT2D eigenvalue weighted by Crippen LogP contribution is 2.28. The Morgan fingerprint density at radius 2 is 1.84 bits per heavy atom. The molecule has 2 fully saturated rings. The topological polar surface area (TPSA) is 83.1 Å². The molecule has 0 atom stereocenters. The average Bonchev–Trinajstić information content (AvgIpc) is 3.28. The van der Waals surface area contributed by atoms with Crippen LogP contribution in [-0.4, -0.2) is 58.3 Å². The summed E-state index contributed by atoms with van der Waals surface area (Å²) in [5, 5.41) is 12.6. The van der Waals surface area contributed by atoms with Crippen LogP contribution in [0.15, 0.2) is 36.5 Å². The monoisotopic (exact) mass is 433 g/mol. The summed E-state index contributed by atoms with van der Waals surface area (Å²) in [7, 11) is 0. The van der Waals surface area contributed by atoms with E-state index in [2.05, 4.69) is 32.6 Å². The van der Waals surface area contributed by atoms with E-state index in [1.165, 1.54) is 37.7 Å². The second-order valence-electron chi connectivity index (χ2n) is 8.83. The van der Waals surface area contributed by atoms with Crippen molar-refractivity contribution in [1.29, 1.82) is 0 Å². The molecule has 1 amide bonds. The van der Waals surface area contributed by atoms with E-state index in [1.807, 2.05) is 29.3 Å². The fourth-order valence-corrected chi connectivity index (χ4v) is 4.79. The summed E-state index contributed by atoms with van der Waals surface area (Å²) in [6.45, 7) is 2.57. The Hall–Kier alpha value is -2.93. The van der Waals surface area contributed by atoms with Crippen molar-refractivity contribution in [1.82, 2.24) is 20.1 Å². The van der Waals surface area contributed by atoms with Gasteiger partial charge in [0.15, 0.2) is 0 Å². The van der Waals surface area contributed by atoms with Gasteiger partial charge in [-0.25, -0.2) is 4.98 Å². The quantitative estimate of drug-likeness (QED) is 0.615. The molecule has 0 unspecified atom stereocenters. The van der Waals surface area contributed by atoms with Gasteiger partial charge in [-0.3, -0.25) is 9.89 Å². The zero-order chi connectivity index (χ0) is 21.8. The van der Waals surface area contributed by atoms with Crippen LogP contribution in [0.3, 0.4) is 0 Å². The number of hydrogen-bond donors (Lipinski definition) is 2. The number of carbonyl (C=O) groups excluding carboxylic acids is 1. The molecule has 5 rings (SSSR count). The molecule has 32 heavy (non-hydrogen) atoms. The van der Waals surface area contributed by atoms with Gasteiger partial charge in [0.05, 0.1) is 29.8 Å². The molecule has 168 valence electrons. The molecule has 0 spiro atoms. The number of aryl methyl sites for hydroxylation is 2. The number of morpholine rings is 1. The van der Waals surface area contributed by atoms with Gasteiger partial charge in [0.25, 0.3) is 5.91 Å². The molecule has 1 aromatic carbocycles. The van der Waals surface area contributed by atoms with E-state index in [-0.39, 0.29) is 5.91 Å². The van der Waals surface area contributed by atoms with Gasteiger partial charge in [-0.15, -0.1) is 0 Å². The maximum absolute atomic E-state index is 12.6. The highest BCUT2D eigenvalue weighted by Gasteiger charge is 2.19. The molecule has 2 aliphatic rings. The number of hydrogen-bond acceptors (Lipinski definition) is 5. The SMILES string of the molecule is O=C(c1ccc(CCc2n[nH]c3ccnc(NC4CCCCC4)c23)cc1)N1CCOCC1. The zero-order valence-corrected chi connectivity index (χ0v) is 18.5. The fraction of sp³-hybridized carbons (Fsp3) is 0.480. The van der Waals surface area contributed by atoms with Crippen molar-refractivity contribution in [2.45, 2.75) is 51.0 Å². The Bertz CT molecular complexity index is 1050. The summed E-state index contributed by atoms with van der Waals surface area (Å²) in [6.07, 6.45) is 9.86. The number of aromatic nitrogens is 3. The van der Waals surface area contributed by atoms with Crippen molar-refractivity contribution in [3.8, 4) is 0 Å². The number of ether oxygens (including phenoxy) is 1. The van der Waals surface area contributed by atoms with E-state index in [0.717, 1.165) is 40.8 Å². The van der Waals surface area contributed by atoms with Crippen LogP contribution in [0, 0.1) is 0 Å². The van der Waals surface area contributed by atoms with Crippen LogP contribution in [0.5, 0.6) is 0 Å². The number of anilines is 1. The number of amides is 1. The average molecular weight is 434 g/mol. The van der Waals surface area contributed by atoms with E-state index in [0.29, 0.717) is 32.3 Å². The van der Waals surface area contributed by atoms with Gasteiger partial charge in [-0.05, 0) is 49.4 Å². The van der Waals surface area contributed by atoms with Crippen LogP contribution < -0.4 is 5.32 Å². The number of nitrogens with one attached hydrogen (secondary N) is 2. The summed E-state index contributed by atoms with van der Waals surface area (Å²) >= 11 is 0. The van der Waals surface area contributed by atoms with Crippen LogP contribution in [0.1, 0.15) is 53.7 Å². The summed E-state index contributed by atoms with van der Waals surface area (Å²) < 4.78 is 5.34. The number of carbonyl (C=O) groups is 1. The van der Waals surface area contributed by atoms with Gasteiger partial charge in [0, 0.05) is 30.9 Å². The molecule has 0 radical (unpaired) electrons. The van der Waals surface area contributed by atoms with Crippen molar-refractivity contribution in [3.63, 3.8) is 0 Å². The lowest BCUT2D eigenvalue weighted by atomic mass is 9.95. The number of pyridine rings is 1. The first-order chi connectivity index (χ1) is 15.8. The third kappa shape index (κ3) is 4.63. The maximum Gasteiger partial charge on any atom is 0.254 e. The van der Waals surface area contributed by atoms with Crippen molar-refractivity contribution < 1.29 is 9.53 Å². The summed E-state index contributed by atoms with van der Waals surface area (Å²) in [5.41, 5.74) is 4.01. The minimum absolute atomic E-state index is 0.0858. The molecule has 7 nitrogen and oxygen atoms in total. The Morgan fingerprint density at radius 3 is 2.62 bits per heavy atom. The van der Waals surface area contributed by atoms with Crippen LogP contribution in [-0.2, 0) is 17.6 Å². The van der Waals surface area contributed by atoms with E-state index < -0.39 is 0 Å². The molecule has 1 aliphatic heterocycles. The molecule has 1 aliphatic carbocycles. The predicted octanol–water partition coefficient (Wildman–Crippen LogP) is 3.96. The molecule has 1 saturated carbocycles. The fourth-order valence-electron chi connectivity index (χ4n) is 4.79. The third-order valence-electron chi connectivity index (χ3n) is 6.65. The number of aromatic amines is 1. The van der Waals surface area contributed by atoms with Crippen LogP contribution in [0.4, 0.5) is 5.82 Å². The normalized spacial score (nSPS) is 17.6. The van der Waals surface area contributed by atoms with Gasteiger partial charge in [-0.2, -0.15) is 5.10 Å². The molecule has 0 bridgehead atoms. The Balaban J connectivity index is 1.26. The second-order valence-corrected chi connectivity index (χ2v) is 8.83.